The van der Waals surface area contributed by atoms with Gasteiger partial charge in [0.15, 0.2) is 0 Å². The van der Waals surface area contributed by atoms with Crippen molar-refractivity contribution in [3.63, 3.8) is 0 Å². The lowest BCUT2D eigenvalue weighted by atomic mass is 10.0. The molecular weight excluding hydrogens is 288 g/mol. The van der Waals surface area contributed by atoms with Crippen LogP contribution in [-0.2, 0) is 20.7 Å². The van der Waals surface area contributed by atoms with Crippen LogP contribution in [0.25, 0.3) is 0 Å². The number of hydrogen-bond donors (Lipinski definition) is 1. The zero-order chi connectivity index (χ0) is 16.7. The van der Waals surface area contributed by atoms with Crippen molar-refractivity contribution >= 4 is 17.6 Å². The Labute approximate surface area is 128 Å². The van der Waals surface area contributed by atoms with Crippen molar-refractivity contribution in [1.29, 1.82) is 0 Å². The Morgan fingerprint density at radius 1 is 1.32 bits per heavy atom. The third-order valence-electron chi connectivity index (χ3n) is 3.03. The first kappa shape index (κ1) is 17.6. The fourth-order valence-corrected chi connectivity index (χ4v) is 2.04. The van der Waals surface area contributed by atoms with E-state index in [9.17, 15) is 19.7 Å². The van der Waals surface area contributed by atoms with Crippen LogP contribution in [0.4, 0.5) is 5.69 Å². The van der Waals surface area contributed by atoms with E-state index in [0.717, 1.165) is 0 Å². The molecule has 0 fully saturated rings. The normalized spacial score (nSPS) is 11.8. The lowest BCUT2D eigenvalue weighted by molar-refractivity contribution is -0.385. The quantitative estimate of drug-likeness (QED) is 0.471. The molecule has 0 radical (unpaired) electrons. The van der Waals surface area contributed by atoms with E-state index in [0.29, 0.717) is 5.56 Å². The highest BCUT2D eigenvalue weighted by molar-refractivity contribution is 5.84. The first-order valence-electron chi connectivity index (χ1n) is 6.94. The molecular formula is C15H20N2O5. The highest BCUT2D eigenvalue weighted by atomic mass is 16.6. The van der Waals surface area contributed by atoms with Crippen LogP contribution >= 0.6 is 0 Å². The van der Waals surface area contributed by atoms with E-state index in [2.05, 4.69) is 10.1 Å². The third kappa shape index (κ3) is 5.16. The molecule has 0 heterocycles. The van der Waals surface area contributed by atoms with Gasteiger partial charge in [-0.15, -0.1) is 0 Å². The Bertz CT molecular complexity index is 557. The first-order valence-corrected chi connectivity index (χ1v) is 6.94. The summed E-state index contributed by atoms with van der Waals surface area (Å²) in [6.45, 7) is 3.77. The molecule has 22 heavy (non-hydrogen) atoms. The smallest absolute Gasteiger partial charge is 0.328 e. The second-order valence-electron chi connectivity index (χ2n) is 5.33. The van der Waals surface area contributed by atoms with E-state index in [1.807, 2.05) is 13.8 Å². The van der Waals surface area contributed by atoms with Gasteiger partial charge in [0.25, 0.3) is 5.69 Å². The second-order valence-corrected chi connectivity index (χ2v) is 5.33. The average molecular weight is 308 g/mol. The van der Waals surface area contributed by atoms with Gasteiger partial charge in [-0.05, 0) is 5.92 Å². The number of carbonyl (C=O) groups is 2. The standard InChI is InChI=1S/C15H20N2O5/c1-10(2)8-14(18)16-12(15(19)22-3)9-11-6-4-5-7-13(11)17(20)21/h4-7,10,12H,8-9H2,1-3H3,(H,16,18)/t12-/m1/s1. The molecule has 0 saturated heterocycles. The molecule has 7 heteroatoms. The number of rotatable bonds is 7. The molecule has 0 saturated carbocycles. The summed E-state index contributed by atoms with van der Waals surface area (Å²) < 4.78 is 4.67. The van der Waals surface area contributed by atoms with E-state index in [1.54, 1.807) is 18.2 Å². The fraction of sp³-hybridized carbons (Fsp3) is 0.467. The summed E-state index contributed by atoms with van der Waals surface area (Å²) in [5.41, 5.74) is 0.280. The zero-order valence-electron chi connectivity index (χ0n) is 12.9. The summed E-state index contributed by atoms with van der Waals surface area (Å²) >= 11 is 0. The number of para-hydroxylation sites is 1. The van der Waals surface area contributed by atoms with Gasteiger partial charge in [-0.1, -0.05) is 32.0 Å². The number of methoxy groups -OCH3 is 1. The van der Waals surface area contributed by atoms with Crippen LogP contribution in [0.1, 0.15) is 25.8 Å². The van der Waals surface area contributed by atoms with Gasteiger partial charge in [-0.2, -0.15) is 0 Å². The average Bonchev–Trinajstić information content (AvgIpc) is 2.45. The van der Waals surface area contributed by atoms with Crippen LogP contribution in [-0.4, -0.2) is 30.0 Å². The summed E-state index contributed by atoms with van der Waals surface area (Å²) in [7, 11) is 1.21. The lowest BCUT2D eigenvalue weighted by Crippen LogP contribution is -2.43. The number of nitrogens with zero attached hydrogens (tertiary/aromatic N) is 1. The summed E-state index contributed by atoms with van der Waals surface area (Å²) in [5.74, 6) is -0.774. The number of benzene rings is 1. The Kier molecular flexibility index (Phi) is 6.49. The van der Waals surface area contributed by atoms with E-state index in [-0.39, 0.29) is 30.4 Å². The van der Waals surface area contributed by atoms with Crippen LogP contribution in [0.5, 0.6) is 0 Å². The van der Waals surface area contributed by atoms with Gasteiger partial charge >= 0.3 is 5.97 Å². The number of amides is 1. The largest absolute Gasteiger partial charge is 0.467 e. The molecule has 0 aliphatic carbocycles. The van der Waals surface area contributed by atoms with Crippen molar-refractivity contribution in [2.24, 2.45) is 5.92 Å². The maximum atomic E-state index is 11.8. The van der Waals surface area contributed by atoms with E-state index in [4.69, 9.17) is 0 Å². The van der Waals surface area contributed by atoms with Gasteiger partial charge in [-0.25, -0.2) is 4.79 Å². The summed E-state index contributed by atoms with van der Waals surface area (Å²) in [4.78, 5) is 34.2. The molecule has 1 N–H and O–H groups in total. The van der Waals surface area contributed by atoms with Crippen molar-refractivity contribution in [3.8, 4) is 0 Å². The molecule has 1 atom stereocenters. The highest BCUT2D eigenvalue weighted by Gasteiger charge is 2.25. The molecule has 0 bridgehead atoms. The molecule has 120 valence electrons. The first-order chi connectivity index (χ1) is 10.3. The maximum Gasteiger partial charge on any atom is 0.328 e. The van der Waals surface area contributed by atoms with Crippen LogP contribution in [0.2, 0.25) is 0 Å². The van der Waals surface area contributed by atoms with Crippen LogP contribution in [0.3, 0.4) is 0 Å². The molecule has 0 aromatic heterocycles. The predicted octanol–water partition coefficient (Wildman–Crippen LogP) is 1.84. The van der Waals surface area contributed by atoms with Crippen LogP contribution in [0, 0.1) is 16.0 Å². The summed E-state index contributed by atoms with van der Waals surface area (Å²) in [6, 6.07) is 5.17. The minimum atomic E-state index is -0.947. The van der Waals surface area contributed by atoms with Gasteiger partial charge in [0.2, 0.25) is 5.91 Å². The minimum absolute atomic E-state index is 0.00760. The minimum Gasteiger partial charge on any atom is -0.467 e. The van der Waals surface area contributed by atoms with Crippen LogP contribution < -0.4 is 5.32 Å². The molecule has 0 aliphatic heterocycles. The highest BCUT2D eigenvalue weighted by Crippen LogP contribution is 2.19. The Morgan fingerprint density at radius 2 is 1.95 bits per heavy atom. The van der Waals surface area contributed by atoms with Gasteiger partial charge in [0.05, 0.1) is 12.0 Å². The van der Waals surface area contributed by atoms with E-state index in [1.165, 1.54) is 13.2 Å². The van der Waals surface area contributed by atoms with Gasteiger partial charge in [-0.3, -0.25) is 14.9 Å². The SMILES string of the molecule is COC(=O)[C@@H](Cc1ccccc1[N+](=O)[O-])NC(=O)CC(C)C. The summed E-state index contributed by atoms with van der Waals surface area (Å²) in [6.07, 6.45) is 0.276. The Balaban J connectivity index is 2.93. The molecule has 1 rings (SSSR count). The van der Waals surface area contributed by atoms with Crippen molar-refractivity contribution < 1.29 is 19.2 Å². The molecule has 0 unspecified atom stereocenters. The molecule has 1 aromatic carbocycles. The monoisotopic (exact) mass is 308 g/mol. The van der Waals surface area contributed by atoms with Crippen molar-refractivity contribution in [1.82, 2.24) is 5.32 Å². The second kappa shape index (κ2) is 8.11. The van der Waals surface area contributed by atoms with Crippen LogP contribution in [0.15, 0.2) is 24.3 Å². The maximum absolute atomic E-state index is 11.8. The Morgan fingerprint density at radius 3 is 2.50 bits per heavy atom. The summed E-state index contributed by atoms with van der Waals surface area (Å²) in [5, 5.41) is 13.6. The van der Waals surface area contributed by atoms with E-state index < -0.39 is 16.9 Å². The Hall–Kier alpha value is -2.44. The number of esters is 1. The molecule has 0 aliphatic rings. The van der Waals surface area contributed by atoms with E-state index >= 15 is 0 Å². The number of nitrogens with one attached hydrogen (secondary N) is 1. The van der Waals surface area contributed by atoms with Crippen molar-refractivity contribution in [2.75, 3.05) is 7.11 Å². The zero-order valence-corrected chi connectivity index (χ0v) is 12.9. The van der Waals surface area contributed by atoms with Gasteiger partial charge in [0.1, 0.15) is 6.04 Å². The fourth-order valence-electron chi connectivity index (χ4n) is 2.04. The topological polar surface area (TPSA) is 98.5 Å². The molecule has 1 amide bonds. The van der Waals surface area contributed by atoms with Crippen molar-refractivity contribution in [3.05, 3.63) is 39.9 Å². The third-order valence-corrected chi connectivity index (χ3v) is 3.03. The number of nitro groups is 1. The number of carbonyl (C=O) groups excluding carboxylic acids is 2. The van der Waals surface area contributed by atoms with Gasteiger partial charge < -0.3 is 10.1 Å². The molecule has 7 nitrogen and oxygen atoms in total. The molecule has 1 aromatic rings. The number of ether oxygens (including phenoxy) is 1. The molecule has 0 spiro atoms. The van der Waals surface area contributed by atoms with Crippen molar-refractivity contribution in [2.45, 2.75) is 32.7 Å². The lowest BCUT2D eigenvalue weighted by Gasteiger charge is -2.17. The number of hydrogen-bond acceptors (Lipinski definition) is 5. The predicted molar refractivity (Wildman–Crippen MR) is 80.2 cm³/mol. The van der Waals surface area contributed by atoms with Gasteiger partial charge in [0, 0.05) is 24.5 Å². The number of nitro benzene ring substituents is 1.